The predicted octanol–water partition coefficient (Wildman–Crippen LogP) is 2.30. The van der Waals surface area contributed by atoms with E-state index in [2.05, 4.69) is 22.5 Å². The van der Waals surface area contributed by atoms with Crippen molar-refractivity contribution in [2.45, 2.75) is 20.4 Å². The molecule has 1 aromatic rings. The Kier molecular flexibility index (Phi) is 10.8. The monoisotopic (exact) mass is 292 g/mol. The quantitative estimate of drug-likeness (QED) is 0.592. The highest BCUT2D eigenvalue weighted by molar-refractivity contribution is 5.94. The van der Waals surface area contributed by atoms with E-state index in [-0.39, 0.29) is 24.8 Å². The van der Waals surface area contributed by atoms with Gasteiger partial charge < -0.3 is 16.4 Å². The molecule has 0 unspecified atom stereocenters. The zero-order chi connectivity index (χ0) is 12.0. The highest BCUT2D eigenvalue weighted by atomic mass is 35.5. The van der Waals surface area contributed by atoms with E-state index in [0.717, 1.165) is 23.8 Å². The highest BCUT2D eigenvalue weighted by Crippen LogP contribution is 2.18. The van der Waals surface area contributed by atoms with Gasteiger partial charge in [0, 0.05) is 25.8 Å². The van der Waals surface area contributed by atoms with Crippen molar-refractivity contribution in [3.05, 3.63) is 29.3 Å². The Hall–Kier alpha value is -0.970. The molecule has 0 aromatic heterocycles. The molecule has 0 aliphatic heterocycles. The first-order valence-corrected chi connectivity index (χ1v) is 5.49. The standard InChI is InChI=1S/C12H20N4.2ClH/c1-4-15-12(14-3)16-11-7-5-6-10(8-13)9(11)2;;/h5-7H,4,8,13H2,1-3H3,(H2,14,15,16);2*1H. The number of benzene rings is 1. The molecule has 6 heteroatoms. The van der Waals surface area contributed by atoms with Crippen LogP contribution in [-0.2, 0) is 6.54 Å². The molecule has 104 valence electrons. The van der Waals surface area contributed by atoms with Crippen molar-refractivity contribution in [1.82, 2.24) is 5.32 Å². The Morgan fingerprint density at radius 3 is 2.50 bits per heavy atom. The zero-order valence-corrected chi connectivity index (χ0v) is 12.6. The minimum absolute atomic E-state index is 0. The van der Waals surface area contributed by atoms with E-state index < -0.39 is 0 Å². The Bertz CT molecular complexity index is 380. The van der Waals surface area contributed by atoms with E-state index >= 15 is 0 Å². The van der Waals surface area contributed by atoms with Crippen LogP contribution in [0.3, 0.4) is 0 Å². The first kappa shape index (κ1) is 19.4. The second-order valence-corrected chi connectivity index (χ2v) is 3.52. The molecule has 0 spiro atoms. The predicted molar refractivity (Wildman–Crippen MR) is 84.2 cm³/mol. The van der Waals surface area contributed by atoms with Crippen molar-refractivity contribution in [3.63, 3.8) is 0 Å². The number of aliphatic imine (C=N–C) groups is 1. The molecule has 0 radical (unpaired) electrons. The number of anilines is 1. The van der Waals surface area contributed by atoms with Gasteiger partial charge in [-0.05, 0) is 31.0 Å². The molecular formula is C12H22Cl2N4. The van der Waals surface area contributed by atoms with Gasteiger partial charge in [-0.15, -0.1) is 24.8 Å². The van der Waals surface area contributed by atoms with Crippen molar-refractivity contribution >= 4 is 36.5 Å². The van der Waals surface area contributed by atoms with Gasteiger partial charge in [-0.3, -0.25) is 4.99 Å². The Morgan fingerprint density at radius 2 is 2.00 bits per heavy atom. The molecule has 0 bridgehead atoms. The maximum atomic E-state index is 5.67. The third-order valence-electron chi connectivity index (χ3n) is 2.49. The lowest BCUT2D eigenvalue weighted by Crippen LogP contribution is -2.30. The lowest BCUT2D eigenvalue weighted by Gasteiger charge is -2.14. The normalized spacial score (nSPS) is 10.1. The second kappa shape index (κ2) is 10.00. The van der Waals surface area contributed by atoms with Crippen LogP contribution in [0.25, 0.3) is 0 Å². The number of nitrogens with zero attached hydrogens (tertiary/aromatic N) is 1. The molecule has 1 aromatic carbocycles. The van der Waals surface area contributed by atoms with E-state index in [9.17, 15) is 0 Å². The molecule has 0 saturated carbocycles. The van der Waals surface area contributed by atoms with Gasteiger partial charge in [0.25, 0.3) is 0 Å². The van der Waals surface area contributed by atoms with Gasteiger partial charge >= 0.3 is 0 Å². The van der Waals surface area contributed by atoms with Crippen LogP contribution in [0, 0.1) is 6.92 Å². The third-order valence-corrected chi connectivity index (χ3v) is 2.49. The molecule has 0 aliphatic carbocycles. The van der Waals surface area contributed by atoms with Gasteiger partial charge in [0.05, 0.1) is 0 Å². The number of nitrogens with one attached hydrogen (secondary N) is 2. The average molecular weight is 293 g/mol. The largest absolute Gasteiger partial charge is 0.356 e. The Balaban J connectivity index is 0. The summed E-state index contributed by atoms with van der Waals surface area (Å²) in [6.07, 6.45) is 0. The molecule has 4 N–H and O–H groups in total. The smallest absolute Gasteiger partial charge is 0.195 e. The number of hydrogen-bond acceptors (Lipinski definition) is 2. The number of nitrogens with two attached hydrogens (primary N) is 1. The maximum absolute atomic E-state index is 5.67. The molecule has 18 heavy (non-hydrogen) atoms. The molecule has 0 heterocycles. The summed E-state index contributed by atoms with van der Waals surface area (Å²) >= 11 is 0. The minimum atomic E-state index is 0. The molecule has 0 atom stereocenters. The van der Waals surface area contributed by atoms with Gasteiger partial charge in [-0.25, -0.2) is 0 Å². The number of hydrogen-bond donors (Lipinski definition) is 3. The summed E-state index contributed by atoms with van der Waals surface area (Å²) in [6.45, 7) is 5.50. The van der Waals surface area contributed by atoms with Crippen LogP contribution in [0.15, 0.2) is 23.2 Å². The minimum Gasteiger partial charge on any atom is -0.356 e. The van der Waals surface area contributed by atoms with Crippen LogP contribution in [0.5, 0.6) is 0 Å². The van der Waals surface area contributed by atoms with E-state index in [1.54, 1.807) is 7.05 Å². The summed E-state index contributed by atoms with van der Waals surface area (Å²) in [5.74, 6) is 0.778. The summed E-state index contributed by atoms with van der Waals surface area (Å²) in [5.41, 5.74) is 9.03. The molecule has 0 aliphatic rings. The summed E-state index contributed by atoms with van der Waals surface area (Å²) in [5, 5.41) is 6.41. The van der Waals surface area contributed by atoms with E-state index in [0.29, 0.717) is 6.54 Å². The average Bonchev–Trinajstić information content (AvgIpc) is 2.31. The number of rotatable bonds is 3. The molecule has 0 saturated heterocycles. The summed E-state index contributed by atoms with van der Waals surface area (Å²) in [6, 6.07) is 6.06. The van der Waals surface area contributed by atoms with Gasteiger partial charge in [-0.1, -0.05) is 12.1 Å². The highest BCUT2D eigenvalue weighted by Gasteiger charge is 2.04. The molecule has 4 nitrogen and oxygen atoms in total. The van der Waals surface area contributed by atoms with Crippen LogP contribution >= 0.6 is 24.8 Å². The number of halogens is 2. The summed E-state index contributed by atoms with van der Waals surface area (Å²) in [4.78, 5) is 4.13. The second-order valence-electron chi connectivity index (χ2n) is 3.52. The van der Waals surface area contributed by atoms with E-state index in [1.807, 2.05) is 25.1 Å². The first-order chi connectivity index (χ1) is 7.72. The molecule has 0 amide bonds. The molecule has 0 fully saturated rings. The maximum Gasteiger partial charge on any atom is 0.195 e. The SMILES string of the molecule is CCNC(=NC)Nc1cccc(CN)c1C.Cl.Cl. The van der Waals surface area contributed by atoms with Crippen molar-refractivity contribution in [3.8, 4) is 0 Å². The van der Waals surface area contributed by atoms with Gasteiger partial charge in [0.2, 0.25) is 0 Å². The molecular weight excluding hydrogens is 271 g/mol. The van der Waals surface area contributed by atoms with Crippen molar-refractivity contribution in [1.29, 1.82) is 0 Å². The lowest BCUT2D eigenvalue weighted by atomic mass is 10.1. The fourth-order valence-electron chi connectivity index (χ4n) is 1.51. The lowest BCUT2D eigenvalue weighted by molar-refractivity contribution is 0.957. The fraction of sp³-hybridized carbons (Fsp3) is 0.417. The zero-order valence-electron chi connectivity index (χ0n) is 11.0. The van der Waals surface area contributed by atoms with Gasteiger partial charge in [0.1, 0.15) is 0 Å². The van der Waals surface area contributed by atoms with Crippen molar-refractivity contribution in [2.75, 3.05) is 18.9 Å². The topological polar surface area (TPSA) is 62.4 Å². The van der Waals surface area contributed by atoms with E-state index in [4.69, 9.17) is 5.73 Å². The van der Waals surface area contributed by atoms with Crippen molar-refractivity contribution in [2.24, 2.45) is 10.7 Å². The summed E-state index contributed by atoms with van der Waals surface area (Å²) in [7, 11) is 1.76. The fourth-order valence-corrected chi connectivity index (χ4v) is 1.51. The van der Waals surface area contributed by atoms with Crippen LogP contribution in [-0.4, -0.2) is 19.6 Å². The number of guanidine groups is 1. The molecule has 1 rings (SSSR count). The van der Waals surface area contributed by atoms with Crippen LogP contribution in [0.2, 0.25) is 0 Å². The van der Waals surface area contributed by atoms with Crippen molar-refractivity contribution < 1.29 is 0 Å². The van der Waals surface area contributed by atoms with Gasteiger partial charge in [-0.2, -0.15) is 0 Å². The third kappa shape index (κ3) is 5.12. The Morgan fingerprint density at radius 1 is 1.33 bits per heavy atom. The Labute approximate surface area is 121 Å². The first-order valence-electron chi connectivity index (χ1n) is 5.49. The van der Waals surface area contributed by atoms with Crippen LogP contribution in [0.1, 0.15) is 18.1 Å². The van der Waals surface area contributed by atoms with Crippen LogP contribution < -0.4 is 16.4 Å². The van der Waals surface area contributed by atoms with E-state index in [1.165, 1.54) is 5.56 Å². The summed E-state index contributed by atoms with van der Waals surface area (Å²) < 4.78 is 0. The van der Waals surface area contributed by atoms with Crippen LogP contribution in [0.4, 0.5) is 5.69 Å². The van der Waals surface area contributed by atoms with Gasteiger partial charge in [0.15, 0.2) is 5.96 Å².